The molecular weight excluding hydrogens is 370 g/mol. The predicted molar refractivity (Wildman–Crippen MR) is 108 cm³/mol. The van der Waals surface area contributed by atoms with Crippen LogP contribution in [-0.4, -0.2) is 21.6 Å². The van der Waals surface area contributed by atoms with Crippen molar-refractivity contribution in [1.29, 1.82) is 0 Å². The van der Waals surface area contributed by atoms with Crippen LogP contribution in [0.1, 0.15) is 23.6 Å². The van der Waals surface area contributed by atoms with E-state index in [0.29, 0.717) is 27.4 Å². The molecule has 5 nitrogen and oxygen atoms in total. The Kier molecular flexibility index (Phi) is 5.64. The zero-order valence-electron chi connectivity index (χ0n) is 14.4. The van der Waals surface area contributed by atoms with Crippen LogP contribution in [0.3, 0.4) is 0 Å². The third kappa shape index (κ3) is 4.26. The van der Waals surface area contributed by atoms with Gasteiger partial charge in [0.25, 0.3) is 5.56 Å². The molecule has 2 N–H and O–H groups in total. The van der Waals surface area contributed by atoms with Crippen LogP contribution in [0.15, 0.2) is 47.3 Å². The number of aryl methyl sites for hydroxylation is 1. The van der Waals surface area contributed by atoms with Gasteiger partial charge in [-0.3, -0.25) is 9.59 Å². The van der Waals surface area contributed by atoms with Gasteiger partial charge in [-0.1, -0.05) is 29.8 Å². The zero-order chi connectivity index (χ0) is 18.7. The first-order valence-corrected chi connectivity index (χ1v) is 9.53. The molecule has 0 aliphatic rings. The lowest BCUT2D eigenvalue weighted by Gasteiger charge is -2.12. The summed E-state index contributed by atoms with van der Waals surface area (Å²) in [6, 6.07) is 12.6. The molecule has 3 rings (SSSR count). The van der Waals surface area contributed by atoms with E-state index in [-0.39, 0.29) is 22.5 Å². The van der Waals surface area contributed by atoms with Crippen LogP contribution < -0.4 is 10.9 Å². The lowest BCUT2D eigenvalue weighted by molar-refractivity contribution is -0.113. The highest BCUT2D eigenvalue weighted by Gasteiger charge is 2.14. The molecule has 1 heterocycles. The summed E-state index contributed by atoms with van der Waals surface area (Å²) in [5.74, 6) is 0.671. The number of halogens is 1. The van der Waals surface area contributed by atoms with Gasteiger partial charge < -0.3 is 10.3 Å². The van der Waals surface area contributed by atoms with Gasteiger partial charge >= 0.3 is 0 Å². The van der Waals surface area contributed by atoms with E-state index >= 15 is 0 Å². The Morgan fingerprint density at radius 3 is 2.88 bits per heavy atom. The van der Waals surface area contributed by atoms with Gasteiger partial charge in [0.2, 0.25) is 5.91 Å². The van der Waals surface area contributed by atoms with Crippen LogP contribution >= 0.6 is 23.4 Å². The van der Waals surface area contributed by atoms with Crippen LogP contribution in [0.4, 0.5) is 5.69 Å². The molecular formula is C19H18ClN3O2S. The molecule has 1 atom stereocenters. The maximum Gasteiger partial charge on any atom is 0.258 e. The molecule has 1 amide bonds. The van der Waals surface area contributed by atoms with E-state index in [0.717, 1.165) is 5.56 Å². The minimum absolute atomic E-state index is 0.126. The molecule has 0 saturated heterocycles. The van der Waals surface area contributed by atoms with Crippen molar-refractivity contribution in [3.63, 3.8) is 0 Å². The Morgan fingerprint density at radius 2 is 2.08 bits per heavy atom. The summed E-state index contributed by atoms with van der Waals surface area (Å²) in [5, 5.41) is 3.87. The monoisotopic (exact) mass is 387 g/mol. The number of carbonyl (C=O) groups excluding carboxylic acids is 1. The van der Waals surface area contributed by atoms with Crippen LogP contribution in [-0.2, 0) is 4.79 Å². The van der Waals surface area contributed by atoms with Gasteiger partial charge in [-0.2, -0.15) is 0 Å². The second-order valence-electron chi connectivity index (χ2n) is 5.93. The van der Waals surface area contributed by atoms with Crippen molar-refractivity contribution in [2.45, 2.75) is 19.1 Å². The number of carbonyl (C=O) groups is 1. The summed E-state index contributed by atoms with van der Waals surface area (Å²) in [6.45, 7) is 3.82. The molecule has 2 aromatic carbocycles. The number of nitrogens with zero attached hydrogens (tertiary/aromatic N) is 1. The normalized spacial score (nSPS) is 12.1. The molecule has 0 aliphatic heterocycles. The summed E-state index contributed by atoms with van der Waals surface area (Å²) in [5.41, 5.74) is 2.13. The number of benzene rings is 2. The molecule has 1 unspecified atom stereocenters. The van der Waals surface area contributed by atoms with Crippen LogP contribution in [0.5, 0.6) is 0 Å². The van der Waals surface area contributed by atoms with E-state index in [4.69, 9.17) is 11.6 Å². The molecule has 0 radical (unpaired) electrons. The molecule has 0 bridgehead atoms. The lowest BCUT2D eigenvalue weighted by atomic mass is 10.2. The molecule has 3 aromatic rings. The second kappa shape index (κ2) is 7.93. The van der Waals surface area contributed by atoms with Crippen molar-refractivity contribution in [2.75, 3.05) is 11.1 Å². The maximum absolute atomic E-state index is 12.2. The number of aromatic nitrogens is 2. The summed E-state index contributed by atoms with van der Waals surface area (Å²) in [6.07, 6.45) is 0. The van der Waals surface area contributed by atoms with Gasteiger partial charge in [-0.05, 0) is 43.7 Å². The fraction of sp³-hybridized carbons (Fsp3) is 0.211. The minimum Gasteiger partial charge on any atom is -0.325 e. The van der Waals surface area contributed by atoms with Crippen molar-refractivity contribution < 1.29 is 4.79 Å². The Labute approximate surface area is 160 Å². The summed E-state index contributed by atoms with van der Waals surface area (Å²) >= 11 is 7.38. The van der Waals surface area contributed by atoms with Crippen molar-refractivity contribution in [1.82, 2.24) is 9.97 Å². The molecule has 0 fully saturated rings. The van der Waals surface area contributed by atoms with E-state index in [9.17, 15) is 9.59 Å². The highest BCUT2D eigenvalue weighted by atomic mass is 35.5. The number of hydrogen-bond acceptors (Lipinski definition) is 4. The average Bonchev–Trinajstić information content (AvgIpc) is 2.62. The van der Waals surface area contributed by atoms with E-state index in [1.165, 1.54) is 11.8 Å². The largest absolute Gasteiger partial charge is 0.325 e. The highest BCUT2D eigenvalue weighted by Crippen LogP contribution is 2.26. The van der Waals surface area contributed by atoms with Gasteiger partial charge in [0.1, 0.15) is 5.82 Å². The van der Waals surface area contributed by atoms with Crippen molar-refractivity contribution in [2.24, 2.45) is 0 Å². The van der Waals surface area contributed by atoms with Crippen molar-refractivity contribution in [3.8, 4) is 0 Å². The van der Waals surface area contributed by atoms with Gasteiger partial charge in [0.05, 0.1) is 21.9 Å². The average molecular weight is 388 g/mol. The predicted octanol–water partition coefficient (Wildman–Crippen LogP) is 4.32. The lowest BCUT2D eigenvalue weighted by Crippen LogP contribution is -2.17. The molecule has 0 spiro atoms. The highest BCUT2D eigenvalue weighted by molar-refractivity contribution is 8.00. The fourth-order valence-corrected chi connectivity index (χ4v) is 3.41. The molecule has 26 heavy (non-hydrogen) atoms. The Bertz CT molecular complexity index is 1020. The van der Waals surface area contributed by atoms with Gasteiger partial charge in [0, 0.05) is 10.7 Å². The maximum atomic E-state index is 12.2. The topological polar surface area (TPSA) is 74.8 Å². The quantitative estimate of drug-likeness (QED) is 0.683. The SMILES string of the molecule is Cc1ccc(Cl)cc1NC(=O)CSC(C)c1nc2ccccc2c(=O)[nH]1. The van der Waals surface area contributed by atoms with E-state index < -0.39 is 0 Å². The second-order valence-corrected chi connectivity index (χ2v) is 7.69. The van der Waals surface area contributed by atoms with E-state index in [2.05, 4.69) is 15.3 Å². The fourth-order valence-electron chi connectivity index (χ4n) is 2.49. The minimum atomic E-state index is -0.169. The Morgan fingerprint density at radius 1 is 1.31 bits per heavy atom. The van der Waals surface area contributed by atoms with Crippen LogP contribution in [0.2, 0.25) is 5.02 Å². The Hall–Kier alpha value is -2.31. The number of para-hydroxylation sites is 1. The first-order valence-electron chi connectivity index (χ1n) is 8.10. The number of thioether (sulfide) groups is 1. The molecule has 0 aliphatic carbocycles. The van der Waals surface area contributed by atoms with Gasteiger partial charge in [-0.25, -0.2) is 4.98 Å². The third-order valence-electron chi connectivity index (χ3n) is 3.95. The number of H-pyrrole nitrogens is 1. The van der Waals surface area contributed by atoms with E-state index in [1.807, 2.05) is 26.0 Å². The summed E-state index contributed by atoms with van der Waals surface area (Å²) in [7, 11) is 0. The first kappa shape index (κ1) is 18.5. The number of anilines is 1. The van der Waals surface area contributed by atoms with Crippen molar-refractivity contribution in [3.05, 3.63) is 69.2 Å². The van der Waals surface area contributed by atoms with Gasteiger partial charge in [-0.15, -0.1) is 11.8 Å². The number of amides is 1. The van der Waals surface area contributed by atoms with Crippen molar-refractivity contribution >= 4 is 45.9 Å². The molecule has 1 aromatic heterocycles. The molecule has 7 heteroatoms. The van der Waals surface area contributed by atoms with E-state index in [1.54, 1.807) is 30.3 Å². The molecule has 134 valence electrons. The third-order valence-corrected chi connectivity index (χ3v) is 5.34. The number of nitrogens with one attached hydrogen (secondary N) is 2. The molecule has 0 saturated carbocycles. The first-order chi connectivity index (χ1) is 12.4. The smallest absolute Gasteiger partial charge is 0.258 e. The summed E-state index contributed by atoms with van der Waals surface area (Å²) < 4.78 is 0. The Balaban J connectivity index is 1.67. The number of hydrogen-bond donors (Lipinski definition) is 2. The number of fused-ring (bicyclic) bond motifs is 1. The standard InChI is InChI=1S/C19H18ClN3O2S/c1-11-7-8-13(20)9-16(11)21-17(24)10-26-12(2)18-22-15-6-4-3-5-14(15)19(25)23-18/h3-9,12H,10H2,1-2H3,(H,21,24)(H,22,23,25). The zero-order valence-corrected chi connectivity index (χ0v) is 15.9. The summed E-state index contributed by atoms with van der Waals surface area (Å²) in [4.78, 5) is 31.7. The van der Waals surface area contributed by atoms with Gasteiger partial charge in [0.15, 0.2) is 0 Å². The number of rotatable bonds is 5. The van der Waals surface area contributed by atoms with Crippen LogP contribution in [0.25, 0.3) is 10.9 Å². The van der Waals surface area contributed by atoms with Crippen LogP contribution in [0, 0.1) is 6.92 Å². The number of aromatic amines is 1.